The summed E-state index contributed by atoms with van der Waals surface area (Å²) in [7, 11) is 8.26. The van der Waals surface area contributed by atoms with Gasteiger partial charge < -0.3 is 32.3 Å². The van der Waals surface area contributed by atoms with E-state index in [0.29, 0.717) is 33.9 Å². The molecule has 0 aliphatic carbocycles. The van der Waals surface area contributed by atoms with Crippen molar-refractivity contribution in [3.8, 4) is 0 Å². The molecule has 4 aromatic rings. The number of carbonyl (C=O) groups excluding carboxylic acids is 2. The summed E-state index contributed by atoms with van der Waals surface area (Å²) >= 11 is 0. The van der Waals surface area contributed by atoms with E-state index in [4.69, 9.17) is 11.5 Å². The van der Waals surface area contributed by atoms with Crippen LogP contribution in [0.25, 0.3) is 0 Å². The lowest BCUT2D eigenvalue weighted by molar-refractivity contribution is -0.836. The zero-order chi connectivity index (χ0) is 29.5. The van der Waals surface area contributed by atoms with Crippen LogP contribution >= 0.6 is 0 Å². The first-order valence-corrected chi connectivity index (χ1v) is 13.1. The van der Waals surface area contributed by atoms with Crippen molar-refractivity contribution in [3.05, 3.63) is 119 Å². The molecule has 8 heteroatoms. The van der Waals surface area contributed by atoms with E-state index in [1.54, 1.807) is 42.5 Å². The fraction of sp³-hybridized carbons (Fsp3) is 0.188. The lowest BCUT2D eigenvalue weighted by Gasteiger charge is -2.06. The number of quaternary nitrogens is 2. The number of nitrogen functional groups attached to an aromatic ring is 2. The van der Waals surface area contributed by atoms with Gasteiger partial charge in [-0.1, -0.05) is 42.0 Å². The van der Waals surface area contributed by atoms with E-state index in [9.17, 15) is 9.59 Å². The van der Waals surface area contributed by atoms with Crippen LogP contribution in [-0.4, -0.2) is 40.0 Å². The molecule has 8 nitrogen and oxygen atoms in total. The van der Waals surface area contributed by atoms with Crippen molar-refractivity contribution in [2.24, 2.45) is 0 Å². The molecule has 0 bridgehead atoms. The van der Waals surface area contributed by atoms with Crippen molar-refractivity contribution in [1.29, 1.82) is 0 Å². The topological polar surface area (TPSA) is 131 Å². The van der Waals surface area contributed by atoms with Gasteiger partial charge in [0.05, 0.1) is 28.2 Å². The Hall–Kier alpha value is -4.66. The Bertz CT molecular complexity index is 1350. The summed E-state index contributed by atoms with van der Waals surface area (Å²) in [5.41, 5.74) is 17.6. The highest BCUT2D eigenvalue weighted by Crippen LogP contribution is 2.15. The van der Waals surface area contributed by atoms with Crippen LogP contribution in [0.5, 0.6) is 0 Å². The van der Waals surface area contributed by atoms with Gasteiger partial charge in [0.1, 0.15) is 6.54 Å². The standard InChI is InChI=1S/C15H17N3O.C14H14N2O.C3H9N/c1-17-10-11-5-7-12(8-6-11)15(19)18-14-4-2-3-13(16)9-14;1-10-5-7-11(8-6-10)14(17)16-13-4-2-3-12(15)9-13;1-4(2)3/h2-9,17H,10,16H2,1H3,(H,18,19);2-9H,15H2,1H3,(H,16,17);1-3H3/p+2. The van der Waals surface area contributed by atoms with Gasteiger partial charge in [0.15, 0.2) is 0 Å². The molecule has 0 unspecified atom stereocenters. The molecule has 0 aliphatic heterocycles. The van der Waals surface area contributed by atoms with Crippen molar-refractivity contribution in [1.82, 2.24) is 0 Å². The smallest absolute Gasteiger partial charge is 0.255 e. The van der Waals surface area contributed by atoms with Gasteiger partial charge in [-0.05, 0) is 67.6 Å². The van der Waals surface area contributed by atoms with Crippen LogP contribution in [0.4, 0.5) is 22.7 Å². The second kappa shape index (κ2) is 16.3. The summed E-state index contributed by atoms with van der Waals surface area (Å²) in [4.78, 5) is 25.3. The number of hydrogen-bond donors (Lipinski definition) is 6. The van der Waals surface area contributed by atoms with E-state index in [-0.39, 0.29) is 11.8 Å². The molecule has 4 aromatic carbocycles. The van der Waals surface area contributed by atoms with Crippen LogP contribution in [0.15, 0.2) is 97.1 Å². The first-order valence-electron chi connectivity index (χ1n) is 13.1. The molecule has 4 rings (SSSR count). The molecule has 0 fully saturated rings. The summed E-state index contributed by atoms with van der Waals surface area (Å²) in [6.07, 6.45) is 0. The molecule has 210 valence electrons. The van der Waals surface area contributed by atoms with Gasteiger partial charge >= 0.3 is 0 Å². The highest BCUT2D eigenvalue weighted by molar-refractivity contribution is 6.05. The SMILES string of the molecule is C[NH+](C)C.C[NH2+]Cc1ccc(C(=O)Nc2cccc(N)c2)cc1.Cc1ccc(C(=O)Nc2cccc(N)c2)cc1. The molecule has 0 radical (unpaired) electrons. The minimum Gasteiger partial charge on any atom is -0.399 e. The first kappa shape index (κ1) is 31.6. The van der Waals surface area contributed by atoms with Gasteiger partial charge in [-0.25, -0.2) is 0 Å². The van der Waals surface area contributed by atoms with Crippen LogP contribution < -0.4 is 32.3 Å². The lowest BCUT2D eigenvalue weighted by Crippen LogP contribution is -3.02. The highest BCUT2D eigenvalue weighted by Gasteiger charge is 2.07. The van der Waals surface area contributed by atoms with Crippen molar-refractivity contribution >= 4 is 34.6 Å². The number of aryl methyl sites for hydroxylation is 1. The Kier molecular flexibility index (Phi) is 12.9. The Morgan fingerprint density at radius 3 is 1.48 bits per heavy atom. The van der Waals surface area contributed by atoms with Crippen LogP contribution in [0.3, 0.4) is 0 Å². The average molecular weight is 543 g/mol. The lowest BCUT2D eigenvalue weighted by atomic mass is 10.1. The first-order chi connectivity index (χ1) is 19.1. The zero-order valence-electron chi connectivity index (χ0n) is 24.0. The van der Waals surface area contributed by atoms with E-state index < -0.39 is 0 Å². The zero-order valence-corrected chi connectivity index (χ0v) is 24.0. The quantitative estimate of drug-likeness (QED) is 0.209. The van der Waals surface area contributed by atoms with Crippen LogP contribution in [-0.2, 0) is 6.54 Å². The number of benzene rings is 4. The minimum absolute atomic E-state index is 0.127. The van der Waals surface area contributed by atoms with Gasteiger partial charge in [-0.3, -0.25) is 9.59 Å². The fourth-order valence-corrected chi connectivity index (χ4v) is 3.37. The number of carbonyl (C=O) groups is 2. The number of nitrogens with two attached hydrogens (primary N) is 3. The molecule has 0 atom stereocenters. The Balaban J connectivity index is 0.000000249. The molecule has 9 N–H and O–H groups in total. The van der Waals surface area contributed by atoms with Gasteiger partial charge in [0.2, 0.25) is 0 Å². The summed E-state index contributed by atoms with van der Waals surface area (Å²) in [6, 6.07) is 29.3. The highest BCUT2D eigenvalue weighted by atomic mass is 16.2. The molecule has 2 amide bonds. The maximum Gasteiger partial charge on any atom is 0.255 e. The van der Waals surface area contributed by atoms with E-state index in [2.05, 4.69) is 37.1 Å². The third-order valence-corrected chi connectivity index (χ3v) is 5.26. The number of anilines is 4. The molecule has 40 heavy (non-hydrogen) atoms. The molecule has 0 saturated carbocycles. The van der Waals surface area contributed by atoms with Crippen LogP contribution in [0.1, 0.15) is 31.8 Å². The molecule has 0 aromatic heterocycles. The summed E-state index contributed by atoms with van der Waals surface area (Å²) in [6.45, 7) is 2.90. The largest absolute Gasteiger partial charge is 0.399 e. The minimum atomic E-state index is -0.129. The summed E-state index contributed by atoms with van der Waals surface area (Å²) in [5.74, 6) is -0.256. The number of nitrogens with one attached hydrogen (secondary N) is 3. The number of hydrogen-bond acceptors (Lipinski definition) is 4. The molecular weight excluding hydrogens is 500 g/mol. The van der Waals surface area contributed by atoms with Crippen molar-refractivity contribution < 1.29 is 19.8 Å². The van der Waals surface area contributed by atoms with Gasteiger partial charge in [0.25, 0.3) is 11.8 Å². The third-order valence-electron chi connectivity index (χ3n) is 5.26. The van der Waals surface area contributed by atoms with Crippen LogP contribution in [0.2, 0.25) is 0 Å². The van der Waals surface area contributed by atoms with Gasteiger partial charge in [-0.2, -0.15) is 0 Å². The number of amides is 2. The average Bonchev–Trinajstić information content (AvgIpc) is 2.90. The normalized spacial score (nSPS) is 9.95. The fourth-order valence-electron chi connectivity index (χ4n) is 3.37. The predicted molar refractivity (Wildman–Crippen MR) is 166 cm³/mol. The van der Waals surface area contributed by atoms with E-state index >= 15 is 0 Å². The molecule has 0 heterocycles. The predicted octanol–water partition coefficient (Wildman–Crippen LogP) is 2.80. The molecular formula is C32H42N6O2+2. The summed E-state index contributed by atoms with van der Waals surface area (Å²) < 4.78 is 0. The molecule has 0 spiro atoms. The van der Waals surface area contributed by atoms with Crippen molar-refractivity contribution in [3.63, 3.8) is 0 Å². The van der Waals surface area contributed by atoms with Crippen molar-refractivity contribution in [2.45, 2.75) is 13.5 Å². The Labute approximate surface area is 237 Å². The van der Waals surface area contributed by atoms with E-state index in [0.717, 1.165) is 12.1 Å². The molecule has 0 saturated heterocycles. The maximum atomic E-state index is 12.0. The van der Waals surface area contributed by atoms with Gasteiger partial charge in [-0.15, -0.1) is 0 Å². The second-order valence-corrected chi connectivity index (χ2v) is 9.83. The molecule has 0 aliphatic rings. The Morgan fingerprint density at radius 1 is 0.700 bits per heavy atom. The number of rotatable bonds is 6. The van der Waals surface area contributed by atoms with E-state index in [1.807, 2.05) is 68.6 Å². The summed E-state index contributed by atoms with van der Waals surface area (Å²) in [5, 5.41) is 7.71. The maximum absolute atomic E-state index is 12.0. The van der Waals surface area contributed by atoms with Gasteiger partial charge in [0, 0.05) is 39.4 Å². The Morgan fingerprint density at radius 2 is 1.10 bits per heavy atom. The van der Waals surface area contributed by atoms with E-state index in [1.165, 1.54) is 10.5 Å². The third kappa shape index (κ3) is 11.8. The monoisotopic (exact) mass is 542 g/mol. The van der Waals surface area contributed by atoms with Crippen molar-refractivity contribution in [2.75, 3.05) is 50.3 Å². The second-order valence-electron chi connectivity index (χ2n) is 9.83. The van der Waals surface area contributed by atoms with Crippen LogP contribution in [0, 0.1) is 6.92 Å².